The molecular formula is C21H19ClN2O3. The van der Waals surface area contributed by atoms with Gasteiger partial charge in [-0.25, -0.2) is 4.90 Å². The number of hydrogen-bond acceptors (Lipinski definition) is 3. The minimum atomic E-state index is -0.757. The van der Waals surface area contributed by atoms with Crippen molar-refractivity contribution in [3.8, 4) is 0 Å². The summed E-state index contributed by atoms with van der Waals surface area (Å²) in [5.41, 5.74) is 1.92. The summed E-state index contributed by atoms with van der Waals surface area (Å²) in [7, 11) is 0. The van der Waals surface area contributed by atoms with E-state index in [-0.39, 0.29) is 30.2 Å². The van der Waals surface area contributed by atoms with Crippen molar-refractivity contribution in [2.75, 3.05) is 4.90 Å². The Morgan fingerprint density at radius 3 is 2.37 bits per heavy atom. The predicted octanol–water partition coefficient (Wildman–Crippen LogP) is 3.59. The maximum absolute atomic E-state index is 13.2. The van der Waals surface area contributed by atoms with Gasteiger partial charge >= 0.3 is 0 Å². The molecule has 1 aliphatic heterocycles. The van der Waals surface area contributed by atoms with E-state index in [1.165, 1.54) is 4.90 Å². The fourth-order valence-electron chi connectivity index (χ4n) is 3.56. The molecule has 0 radical (unpaired) electrons. The third kappa shape index (κ3) is 3.23. The van der Waals surface area contributed by atoms with Crippen LogP contribution < -0.4 is 4.90 Å². The van der Waals surface area contributed by atoms with Crippen LogP contribution in [0.5, 0.6) is 0 Å². The second-order valence-electron chi connectivity index (χ2n) is 7.02. The van der Waals surface area contributed by atoms with E-state index >= 15 is 0 Å². The van der Waals surface area contributed by atoms with Crippen LogP contribution in [0.1, 0.15) is 35.2 Å². The number of anilines is 1. The minimum absolute atomic E-state index is 0.00950. The maximum atomic E-state index is 13.2. The van der Waals surface area contributed by atoms with E-state index in [0.29, 0.717) is 16.3 Å². The molecule has 2 aliphatic rings. The maximum Gasteiger partial charge on any atom is 0.257 e. The number of halogens is 1. The number of benzene rings is 2. The first-order chi connectivity index (χ1) is 13.0. The number of nitrogens with zero attached hydrogens (tertiary/aromatic N) is 2. The van der Waals surface area contributed by atoms with Gasteiger partial charge in [-0.05, 0) is 55.7 Å². The van der Waals surface area contributed by atoms with Gasteiger partial charge < -0.3 is 4.90 Å². The Morgan fingerprint density at radius 2 is 1.74 bits per heavy atom. The molecule has 2 aromatic carbocycles. The lowest BCUT2D eigenvalue weighted by molar-refractivity contribution is -0.122. The summed E-state index contributed by atoms with van der Waals surface area (Å²) in [6.07, 6.45) is 1.72. The van der Waals surface area contributed by atoms with Crippen LogP contribution in [0.25, 0.3) is 0 Å². The molecule has 0 spiro atoms. The average molecular weight is 383 g/mol. The molecule has 27 heavy (non-hydrogen) atoms. The van der Waals surface area contributed by atoms with Gasteiger partial charge in [-0.2, -0.15) is 0 Å². The fourth-order valence-corrected chi connectivity index (χ4v) is 3.69. The van der Waals surface area contributed by atoms with Crippen LogP contribution in [0.15, 0.2) is 48.5 Å². The number of amides is 3. The highest BCUT2D eigenvalue weighted by Gasteiger charge is 2.49. The Bertz CT molecular complexity index is 921. The van der Waals surface area contributed by atoms with Crippen LogP contribution in [0.2, 0.25) is 5.02 Å². The summed E-state index contributed by atoms with van der Waals surface area (Å²) in [6, 6.07) is 13.2. The number of hydrogen-bond donors (Lipinski definition) is 0. The third-order valence-corrected chi connectivity index (χ3v) is 5.35. The van der Waals surface area contributed by atoms with Gasteiger partial charge in [0.05, 0.1) is 12.1 Å². The molecule has 138 valence electrons. The molecule has 0 N–H and O–H groups in total. The molecule has 1 heterocycles. The quantitative estimate of drug-likeness (QED) is 0.759. The van der Waals surface area contributed by atoms with Gasteiger partial charge in [-0.1, -0.05) is 29.8 Å². The van der Waals surface area contributed by atoms with E-state index in [1.807, 2.05) is 25.1 Å². The standard InChI is InChI=1S/C21H19ClN2O3/c1-13-4-2-3-5-17(13)20(26)23(15-10-11-15)18-12-19(25)24(21(18)27)16-8-6-14(22)7-9-16/h2-9,15,18H,10-12H2,1H3. The molecule has 6 heteroatoms. The highest BCUT2D eigenvalue weighted by molar-refractivity contribution is 6.31. The second-order valence-corrected chi connectivity index (χ2v) is 7.46. The third-order valence-electron chi connectivity index (χ3n) is 5.09. The number of carbonyl (C=O) groups is 3. The number of carbonyl (C=O) groups excluding carboxylic acids is 3. The Balaban J connectivity index is 1.65. The van der Waals surface area contributed by atoms with Crippen molar-refractivity contribution < 1.29 is 14.4 Å². The van der Waals surface area contributed by atoms with Crippen LogP contribution in [0.3, 0.4) is 0 Å². The van der Waals surface area contributed by atoms with Crippen molar-refractivity contribution in [3.63, 3.8) is 0 Å². The van der Waals surface area contributed by atoms with Crippen molar-refractivity contribution >= 4 is 35.0 Å². The first-order valence-electron chi connectivity index (χ1n) is 8.98. The summed E-state index contributed by atoms with van der Waals surface area (Å²) in [5, 5.41) is 0.531. The molecule has 1 aliphatic carbocycles. The molecule has 5 nitrogen and oxygen atoms in total. The molecule has 2 aromatic rings. The van der Waals surface area contributed by atoms with Gasteiger partial charge in [0.1, 0.15) is 6.04 Å². The van der Waals surface area contributed by atoms with Crippen molar-refractivity contribution in [2.45, 2.75) is 38.3 Å². The zero-order valence-electron chi connectivity index (χ0n) is 14.9. The normalized spacial score (nSPS) is 19.5. The van der Waals surface area contributed by atoms with Crippen LogP contribution in [-0.2, 0) is 9.59 Å². The van der Waals surface area contributed by atoms with Gasteiger partial charge in [-0.3, -0.25) is 14.4 Å². The Morgan fingerprint density at radius 1 is 1.07 bits per heavy atom. The van der Waals surface area contributed by atoms with Crippen LogP contribution in [0, 0.1) is 6.92 Å². The Kier molecular flexibility index (Phi) is 4.48. The molecular weight excluding hydrogens is 364 g/mol. The number of imide groups is 1. The molecule has 1 unspecified atom stereocenters. The Hall–Kier alpha value is -2.66. The summed E-state index contributed by atoms with van der Waals surface area (Å²) < 4.78 is 0. The lowest BCUT2D eigenvalue weighted by Crippen LogP contribution is -2.47. The van der Waals surface area contributed by atoms with Gasteiger partial charge in [0, 0.05) is 16.6 Å². The van der Waals surface area contributed by atoms with E-state index in [4.69, 9.17) is 11.6 Å². The van der Waals surface area contributed by atoms with E-state index in [0.717, 1.165) is 18.4 Å². The summed E-state index contributed by atoms with van der Waals surface area (Å²) >= 11 is 5.90. The van der Waals surface area contributed by atoms with E-state index in [1.54, 1.807) is 35.2 Å². The van der Waals surface area contributed by atoms with Gasteiger partial charge in [0.15, 0.2) is 0 Å². The van der Waals surface area contributed by atoms with Crippen LogP contribution >= 0.6 is 11.6 Å². The highest BCUT2D eigenvalue weighted by Crippen LogP contribution is 2.35. The smallest absolute Gasteiger partial charge is 0.257 e. The predicted molar refractivity (Wildman–Crippen MR) is 103 cm³/mol. The highest BCUT2D eigenvalue weighted by atomic mass is 35.5. The van der Waals surface area contributed by atoms with Crippen molar-refractivity contribution in [2.24, 2.45) is 0 Å². The number of aryl methyl sites for hydroxylation is 1. The van der Waals surface area contributed by atoms with Crippen LogP contribution in [-0.4, -0.2) is 34.7 Å². The average Bonchev–Trinajstić information content (AvgIpc) is 3.43. The zero-order valence-corrected chi connectivity index (χ0v) is 15.6. The van der Waals surface area contributed by atoms with Gasteiger partial charge in [0.2, 0.25) is 5.91 Å². The van der Waals surface area contributed by atoms with E-state index in [2.05, 4.69) is 0 Å². The lowest BCUT2D eigenvalue weighted by atomic mass is 10.1. The molecule has 1 atom stereocenters. The molecule has 0 bridgehead atoms. The van der Waals surface area contributed by atoms with Crippen molar-refractivity contribution in [1.82, 2.24) is 4.90 Å². The number of rotatable bonds is 4. The largest absolute Gasteiger partial charge is 0.323 e. The summed E-state index contributed by atoms with van der Waals surface area (Å²) in [4.78, 5) is 41.7. The molecule has 0 aromatic heterocycles. The molecule has 3 amide bonds. The first kappa shape index (κ1) is 17.7. The van der Waals surface area contributed by atoms with Gasteiger partial charge in [0.25, 0.3) is 11.8 Å². The van der Waals surface area contributed by atoms with Gasteiger partial charge in [-0.15, -0.1) is 0 Å². The first-order valence-corrected chi connectivity index (χ1v) is 9.36. The monoisotopic (exact) mass is 382 g/mol. The molecule has 4 rings (SSSR count). The minimum Gasteiger partial charge on any atom is -0.323 e. The van der Waals surface area contributed by atoms with Crippen molar-refractivity contribution in [3.05, 3.63) is 64.7 Å². The molecule has 1 saturated heterocycles. The summed E-state index contributed by atoms with van der Waals surface area (Å²) in [5.74, 6) is -0.827. The van der Waals surface area contributed by atoms with Crippen molar-refractivity contribution in [1.29, 1.82) is 0 Å². The second kappa shape index (κ2) is 6.82. The Labute approximate surface area is 162 Å². The van der Waals surface area contributed by atoms with E-state index in [9.17, 15) is 14.4 Å². The van der Waals surface area contributed by atoms with E-state index < -0.39 is 6.04 Å². The SMILES string of the molecule is Cc1ccccc1C(=O)N(C1CC1)C1CC(=O)N(c2ccc(Cl)cc2)C1=O. The van der Waals surface area contributed by atoms with Crippen LogP contribution in [0.4, 0.5) is 5.69 Å². The molecule has 1 saturated carbocycles. The zero-order chi connectivity index (χ0) is 19.1. The topological polar surface area (TPSA) is 57.7 Å². The molecule has 2 fully saturated rings. The summed E-state index contributed by atoms with van der Waals surface area (Å²) in [6.45, 7) is 1.87. The fraction of sp³-hybridized carbons (Fsp3) is 0.286. The lowest BCUT2D eigenvalue weighted by Gasteiger charge is -2.28.